The third-order valence-electron chi connectivity index (χ3n) is 2.42. The Labute approximate surface area is 98.3 Å². The number of nitrogen functional groups attached to an aromatic ring is 1. The molecule has 1 aromatic rings. The van der Waals surface area contributed by atoms with Crippen molar-refractivity contribution >= 4 is 23.3 Å². The van der Waals surface area contributed by atoms with Crippen molar-refractivity contribution in [2.24, 2.45) is 0 Å². The van der Waals surface area contributed by atoms with Crippen molar-refractivity contribution in [3.8, 4) is 0 Å². The summed E-state index contributed by atoms with van der Waals surface area (Å²) in [7, 11) is 1.57. The average molecular weight is 238 g/mol. The first-order valence-corrected chi connectivity index (χ1v) is 4.89. The van der Waals surface area contributed by atoms with E-state index < -0.39 is 11.9 Å². The van der Waals surface area contributed by atoms with Gasteiger partial charge in [0.2, 0.25) is 0 Å². The first kappa shape index (κ1) is 12.8. The molecule has 0 saturated heterocycles. The van der Waals surface area contributed by atoms with Crippen LogP contribution in [0.1, 0.15) is 15.9 Å². The lowest BCUT2D eigenvalue weighted by molar-refractivity contribution is -0.135. The zero-order valence-corrected chi connectivity index (χ0v) is 9.60. The van der Waals surface area contributed by atoms with Gasteiger partial charge in [-0.1, -0.05) is 0 Å². The second kappa shape index (κ2) is 4.73. The second-order valence-electron chi connectivity index (χ2n) is 3.78. The van der Waals surface area contributed by atoms with Gasteiger partial charge in [0.25, 0.3) is 0 Å². The van der Waals surface area contributed by atoms with Crippen LogP contribution in [-0.2, 0) is 4.79 Å². The van der Waals surface area contributed by atoms with Crippen LogP contribution in [0.3, 0.4) is 0 Å². The van der Waals surface area contributed by atoms with Crippen LogP contribution in [0.25, 0.3) is 0 Å². The first-order chi connectivity index (χ1) is 7.82. The van der Waals surface area contributed by atoms with Gasteiger partial charge in [-0.2, -0.15) is 0 Å². The van der Waals surface area contributed by atoms with Crippen LogP contribution in [0.15, 0.2) is 12.1 Å². The van der Waals surface area contributed by atoms with Crippen molar-refractivity contribution in [3.63, 3.8) is 0 Å². The van der Waals surface area contributed by atoms with Gasteiger partial charge in [0.15, 0.2) is 0 Å². The van der Waals surface area contributed by atoms with Crippen molar-refractivity contribution in [1.82, 2.24) is 0 Å². The molecule has 6 heteroatoms. The molecule has 0 aliphatic heterocycles. The van der Waals surface area contributed by atoms with Crippen LogP contribution >= 0.6 is 0 Å². The molecule has 0 aliphatic carbocycles. The Bertz CT molecular complexity index is 471. The van der Waals surface area contributed by atoms with E-state index in [-0.39, 0.29) is 17.8 Å². The maximum Gasteiger partial charge on any atom is 0.337 e. The Hall–Kier alpha value is -2.24. The SMILES string of the molecule is Cc1cc(N(C)CC(=O)O)cc(C(=O)O)c1N. The lowest BCUT2D eigenvalue weighted by Crippen LogP contribution is -2.25. The van der Waals surface area contributed by atoms with Gasteiger partial charge >= 0.3 is 11.9 Å². The Morgan fingerprint density at radius 1 is 1.35 bits per heavy atom. The summed E-state index contributed by atoms with van der Waals surface area (Å²) in [5.41, 5.74) is 6.94. The molecule has 0 unspecified atom stereocenters. The number of aryl methyl sites for hydroxylation is 1. The van der Waals surface area contributed by atoms with Crippen LogP contribution in [0, 0.1) is 6.92 Å². The summed E-state index contributed by atoms with van der Waals surface area (Å²) in [4.78, 5) is 23.0. The molecule has 1 aromatic carbocycles. The van der Waals surface area contributed by atoms with Crippen molar-refractivity contribution < 1.29 is 19.8 Å². The van der Waals surface area contributed by atoms with E-state index in [4.69, 9.17) is 15.9 Å². The van der Waals surface area contributed by atoms with Gasteiger partial charge in [-0.15, -0.1) is 0 Å². The fourth-order valence-corrected chi connectivity index (χ4v) is 1.47. The minimum atomic E-state index is -1.13. The van der Waals surface area contributed by atoms with Crippen LogP contribution in [0.4, 0.5) is 11.4 Å². The summed E-state index contributed by atoms with van der Waals surface area (Å²) < 4.78 is 0. The molecule has 0 aliphatic rings. The number of aromatic carboxylic acids is 1. The third kappa shape index (κ3) is 2.87. The largest absolute Gasteiger partial charge is 0.480 e. The van der Waals surface area contributed by atoms with Gasteiger partial charge in [0, 0.05) is 18.4 Å². The quantitative estimate of drug-likeness (QED) is 0.670. The first-order valence-electron chi connectivity index (χ1n) is 4.89. The molecule has 0 radical (unpaired) electrons. The number of carboxylic acids is 2. The fraction of sp³-hybridized carbons (Fsp3) is 0.273. The highest BCUT2D eigenvalue weighted by Crippen LogP contribution is 2.24. The number of anilines is 2. The highest BCUT2D eigenvalue weighted by Gasteiger charge is 2.14. The lowest BCUT2D eigenvalue weighted by Gasteiger charge is -2.19. The number of carbonyl (C=O) groups is 2. The molecule has 1 rings (SSSR count). The Morgan fingerprint density at radius 2 is 1.94 bits per heavy atom. The van der Waals surface area contributed by atoms with Crippen LogP contribution in [0.2, 0.25) is 0 Å². The Morgan fingerprint density at radius 3 is 2.41 bits per heavy atom. The average Bonchev–Trinajstić information content (AvgIpc) is 2.20. The number of hydrogen-bond donors (Lipinski definition) is 3. The monoisotopic (exact) mass is 238 g/mol. The third-order valence-corrected chi connectivity index (χ3v) is 2.42. The molecule has 4 N–H and O–H groups in total. The zero-order valence-electron chi connectivity index (χ0n) is 9.60. The molecular formula is C11H14N2O4. The molecule has 6 nitrogen and oxygen atoms in total. The summed E-state index contributed by atoms with van der Waals surface area (Å²) in [6, 6.07) is 3.03. The predicted molar refractivity (Wildman–Crippen MR) is 63.5 cm³/mol. The molecule has 0 saturated carbocycles. The van der Waals surface area contributed by atoms with E-state index in [1.165, 1.54) is 11.0 Å². The standard InChI is InChI=1S/C11H14N2O4/c1-6-3-7(13(2)5-9(14)15)4-8(10(6)12)11(16)17/h3-4H,5,12H2,1-2H3,(H,14,15)(H,16,17). The van der Waals surface area contributed by atoms with Gasteiger partial charge in [-0.25, -0.2) is 4.79 Å². The number of nitrogens with zero attached hydrogens (tertiary/aromatic N) is 1. The molecule has 0 heterocycles. The topological polar surface area (TPSA) is 104 Å². The minimum Gasteiger partial charge on any atom is -0.480 e. The fourth-order valence-electron chi connectivity index (χ4n) is 1.47. The molecular weight excluding hydrogens is 224 g/mol. The van der Waals surface area contributed by atoms with E-state index in [1.807, 2.05) is 0 Å². The number of hydrogen-bond acceptors (Lipinski definition) is 4. The smallest absolute Gasteiger partial charge is 0.337 e. The maximum absolute atomic E-state index is 11.0. The van der Waals surface area contributed by atoms with E-state index in [0.29, 0.717) is 11.3 Å². The molecule has 0 amide bonds. The van der Waals surface area contributed by atoms with Crippen molar-refractivity contribution in [1.29, 1.82) is 0 Å². The summed E-state index contributed by atoms with van der Waals surface area (Å²) >= 11 is 0. The second-order valence-corrected chi connectivity index (χ2v) is 3.78. The number of carboxylic acid groups (broad SMARTS) is 2. The van der Waals surface area contributed by atoms with Crippen molar-refractivity contribution in [2.75, 3.05) is 24.2 Å². The van der Waals surface area contributed by atoms with E-state index in [1.54, 1.807) is 20.0 Å². The predicted octanol–water partition coefficient (Wildman–Crippen LogP) is 0.796. The van der Waals surface area contributed by atoms with Crippen LogP contribution in [0.5, 0.6) is 0 Å². The summed E-state index contributed by atoms with van der Waals surface area (Å²) in [5.74, 6) is -2.12. The lowest BCUT2D eigenvalue weighted by atomic mass is 10.1. The van der Waals surface area contributed by atoms with E-state index in [0.717, 1.165) is 0 Å². The molecule has 0 spiro atoms. The normalized spacial score (nSPS) is 10.0. The number of aliphatic carboxylic acids is 1. The number of rotatable bonds is 4. The van der Waals surface area contributed by atoms with Crippen LogP contribution < -0.4 is 10.6 Å². The molecule has 0 atom stereocenters. The minimum absolute atomic E-state index is 0.0164. The number of nitrogens with two attached hydrogens (primary N) is 1. The molecule has 0 fully saturated rings. The van der Waals surface area contributed by atoms with Gasteiger partial charge < -0.3 is 20.8 Å². The Kier molecular flexibility index (Phi) is 3.57. The van der Waals surface area contributed by atoms with Crippen LogP contribution in [-0.4, -0.2) is 35.7 Å². The van der Waals surface area contributed by atoms with E-state index >= 15 is 0 Å². The van der Waals surface area contributed by atoms with Gasteiger partial charge in [-0.3, -0.25) is 4.79 Å². The number of likely N-dealkylation sites (N-methyl/N-ethyl adjacent to an activating group) is 1. The number of benzene rings is 1. The zero-order chi connectivity index (χ0) is 13.2. The molecule has 92 valence electrons. The molecule has 0 aromatic heterocycles. The summed E-state index contributed by atoms with van der Waals surface area (Å²) in [6.07, 6.45) is 0. The van der Waals surface area contributed by atoms with E-state index in [2.05, 4.69) is 0 Å². The van der Waals surface area contributed by atoms with Gasteiger partial charge in [0.05, 0.1) is 5.56 Å². The maximum atomic E-state index is 11.0. The van der Waals surface area contributed by atoms with Crippen molar-refractivity contribution in [2.45, 2.75) is 6.92 Å². The summed E-state index contributed by atoms with van der Waals surface area (Å²) in [6.45, 7) is 1.47. The van der Waals surface area contributed by atoms with Gasteiger partial charge in [0.1, 0.15) is 6.54 Å². The Balaban J connectivity index is 3.18. The van der Waals surface area contributed by atoms with Crippen molar-refractivity contribution in [3.05, 3.63) is 23.3 Å². The molecule has 0 bridgehead atoms. The van der Waals surface area contributed by atoms with Gasteiger partial charge in [-0.05, 0) is 24.6 Å². The molecule has 17 heavy (non-hydrogen) atoms. The van der Waals surface area contributed by atoms with E-state index in [9.17, 15) is 9.59 Å². The highest BCUT2D eigenvalue weighted by atomic mass is 16.4. The summed E-state index contributed by atoms with van der Waals surface area (Å²) in [5, 5.41) is 17.6. The highest BCUT2D eigenvalue weighted by molar-refractivity contribution is 5.96.